The van der Waals surface area contributed by atoms with Crippen molar-refractivity contribution in [1.82, 2.24) is 35.6 Å². The van der Waals surface area contributed by atoms with Crippen LogP contribution in [0.25, 0.3) is 16.6 Å². The lowest BCUT2D eigenvalue weighted by atomic mass is 9.98. The van der Waals surface area contributed by atoms with E-state index >= 15 is 0 Å². The molecule has 4 aromatic rings. The molecule has 0 saturated carbocycles. The van der Waals surface area contributed by atoms with Gasteiger partial charge in [0.05, 0.1) is 25.7 Å². The van der Waals surface area contributed by atoms with Crippen molar-refractivity contribution in [2.45, 2.75) is 76.7 Å². The van der Waals surface area contributed by atoms with Crippen molar-refractivity contribution in [3.05, 3.63) is 72.8 Å². The number of pyridine rings is 1. The van der Waals surface area contributed by atoms with Gasteiger partial charge < -0.3 is 36.3 Å². The number of carbonyl (C=O) groups excluding carboxylic acids is 5. The van der Waals surface area contributed by atoms with E-state index in [0.29, 0.717) is 24.9 Å². The van der Waals surface area contributed by atoms with Gasteiger partial charge in [0.25, 0.3) is 5.65 Å². The summed E-state index contributed by atoms with van der Waals surface area (Å²) in [4.78, 5) is 84.3. The molecule has 1 aliphatic heterocycles. The van der Waals surface area contributed by atoms with Crippen LogP contribution in [0.5, 0.6) is 0 Å². The molecule has 0 bridgehead atoms. The van der Waals surface area contributed by atoms with Gasteiger partial charge in [-0.05, 0) is 42.9 Å². The minimum atomic E-state index is -1.54. The molecule has 1 saturated heterocycles. The van der Waals surface area contributed by atoms with Crippen LogP contribution >= 0.6 is 0 Å². The van der Waals surface area contributed by atoms with Crippen LogP contribution in [0.4, 0.5) is 0 Å². The maximum atomic E-state index is 14.2. The van der Waals surface area contributed by atoms with Gasteiger partial charge in [-0.3, -0.25) is 28.8 Å². The molecule has 6 N–H and O–H groups in total. The van der Waals surface area contributed by atoms with E-state index in [4.69, 9.17) is 0 Å². The van der Waals surface area contributed by atoms with Gasteiger partial charge in [-0.15, -0.1) is 0 Å². The molecule has 0 radical (unpaired) electrons. The summed E-state index contributed by atoms with van der Waals surface area (Å²) in [6, 6.07) is 8.48. The molecule has 5 rings (SSSR count). The number of nitrogens with one attached hydrogen (secondary N) is 5. The third kappa shape index (κ3) is 8.90. The smallest absolute Gasteiger partial charge is 0.305 e. The normalized spacial score (nSPS) is 21.2. The van der Waals surface area contributed by atoms with Crippen LogP contribution in [0.3, 0.4) is 0 Å². The number of hydrogen-bond donors (Lipinski definition) is 6. The maximum Gasteiger partial charge on any atom is 0.305 e. The van der Waals surface area contributed by atoms with Crippen molar-refractivity contribution >= 4 is 52.1 Å². The zero-order valence-corrected chi connectivity index (χ0v) is 28.9. The van der Waals surface area contributed by atoms with Gasteiger partial charge in [0.2, 0.25) is 29.5 Å². The maximum absolute atomic E-state index is 14.2. The quantitative estimate of drug-likeness (QED) is 0.103. The van der Waals surface area contributed by atoms with Gasteiger partial charge >= 0.3 is 5.97 Å². The number of para-hydroxylation sites is 1. The number of carboxylic acids is 1. The summed E-state index contributed by atoms with van der Waals surface area (Å²) in [7, 11) is 1.46. The number of rotatable bonds is 10. The van der Waals surface area contributed by atoms with Crippen molar-refractivity contribution in [3.63, 3.8) is 0 Å². The Balaban J connectivity index is 1.40. The number of aromatic amines is 1. The fourth-order valence-electron chi connectivity index (χ4n) is 6.61. The SMILES string of the molecule is CC(C)C1C(=O)NC(CCCC[n+]2ccn3ccccc32)C(=O)NCC(=O)NC(CC(=O)O)C(=O)N[C@H](Cc2c[nH]c3ccccc23)C(=O)N1C. The average molecular weight is 702 g/mol. The van der Waals surface area contributed by atoms with Crippen molar-refractivity contribution in [2.24, 2.45) is 5.92 Å². The Labute approximate surface area is 294 Å². The first-order chi connectivity index (χ1) is 24.4. The van der Waals surface area contributed by atoms with E-state index < -0.39 is 78.6 Å². The van der Waals surface area contributed by atoms with E-state index in [1.165, 1.54) is 11.9 Å². The zero-order chi connectivity index (χ0) is 36.7. The molecular formula is C36H45N8O7+. The van der Waals surface area contributed by atoms with Gasteiger partial charge in [-0.25, -0.2) is 8.97 Å². The number of aryl methyl sites for hydroxylation is 1. The van der Waals surface area contributed by atoms with Crippen LogP contribution in [0.1, 0.15) is 45.1 Å². The summed E-state index contributed by atoms with van der Waals surface area (Å²) in [5, 5.41) is 20.8. The Bertz CT molecular complexity index is 1920. The molecule has 270 valence electrons. The molecule has 3 unspecified atom stereocenters. The number of amides is 5. The lowest BCUT2D eigenvalue weighted by molar-refractivity contribution is -0.671. The summed E-state index contributed by atoms with van der Waals surface area (Å²) in [5.74, 6) is -5.23. The molecule has 1 aromatic carbocycles. The molecule has 1 fully saturated rings. The predicted octanol–water partition coefficient (Wildman–Crippen LogP) is 0.663. The second-order valence-electron chi connectivity index (χ2n) is 13.2. The monoisotopic (exact) mass is 701 g/mol. The van der Waals surface area contributed by atoms with E-state index in [1.807, 2.05) is 65.5 Å². The molecule has 4 atom stereocenters. The topological polar surface area (TPSA) is 198 Å². The average Bonchev–Trinajstić information content (AvgIpc) is 3.70. The highest BCUT2D eigenvalue weighted by Crippen LogP contribution is 2.21. The van der Waals surface area contributed by atoms with Crippen LogP contribution in [0, 0.1) is 5.92 Å². The van der Waals surface area contributed by atoms with E-state index in [2.05, 4.69) is 30.8 Å². The number of unbranched alkanes of at least 4 members (excludes halogenated alkanes) is 1. The molecule has 1 aliphatic rings. The number of aliphatic carboxylic acids is 1. The third-order valence-corrected chi connectivity index (χ3v) is 9.18. The van der Waals surface area contributed by atoms with Crippen molar-refractivity contribution in [3.8, 4) is 0 Å². The Hall–Kier alpha value is -5.73. The highest BCUT2D eigenvalue weighted by atomic mass is 16.4. The fraction of sp³-hybridized carbons (Fsp3) is 0.417. The Morgan fingerprint density at radius 1 is 0.902 bits per heavy atom. The van der Waals surface area contributed by atoms with Crippen LogP contribution in [-0.4, -0.2) is 92.7 Å². The molecule has 4 heterocycles. The number of likely N-dealkylation sites (N-methyl/N-ethyl adjacent to an activating group) is 1. The number of carboxylic acid groups (broad SMARTS) is 1. The number of carbonyl (C=O) groups is 6. The number of hydrogen-bond acceptors (Lipinski definition) is 6. The predicted molar refractivity (Wildman–Crippen MR) is 186 cm³/mol. The molecule has 51 heavy (non-hydrogen) atoms. The van der Waals surface area contributed by atoms with Crippen LogP contribution in [-0.2, 0) is 41.7 Å². The van der Waals surface area contributed by atoms with Crippen LogP contribution in [0.2, 0.25) is 0 Å². The highest BCUT2D eigenvalue weighted by Gasteiger charge is 2.37. The van der Waals surface area contributed by atoms with E-state index in [9.17, 15) is 33.9 Å². The van der Waals surface area contributed by atoms with Crippen molar-refractivity contribution in [2.75, 3.05) is 13.6 Å². The molecule has 15 nitrogen and oxygen atoms in total. The minimum Gasteiger partial charge on any atom is -0.481 e. The third-order valence-electron chi connectivity index (χ3n) is 9.18. The lowest BCUT2D eigenvalue weighted by Gasteiger charge is -2.34. The number of fused-ring (bicyclic) bond motifs is 2. The van der Waals surface area contributed by atoms with Crippen molar-refractivity contribution in [1.29, 1.82) is 0 Å². The zero-order valence-electron chi connectivity index (χ0n) is 28.9. The largest absolute Gasteiger partial charge is 0.481 e. The van der Waals surface area contributed by atoms with E-state index in [0.717, 1.165) is 16.6 Å². The number of imidazole rings is 1. The number of nitrogens with zero attached hydrogens (tertiary/aromatic N) is 3. The molecule has 5 amide bonds. The van der Waals surface area contributed by atoms with Crippen molar-refractivity contribution < 1.29 is 38.4 Å². The van der Waals surface area contributed by atoms with Gasteiger partial charge in [-0.2, -0.15) is 0 Å². The Morgan fingerprint density at radius 2 is 1.65 bits per heavy atom. The fourth-order valence-corrected chi connectivity index (χ4v) is 6.61. The second-order valence-corrected chi connectivity index (χ2v) is 13.2. The number of aromatic nitrogens is 3. The standard InChI is InChI=1S/C36H44N8O7/c1-22(2)32-35(50)40-26(12-6-8-14-43-16-17-44-15-9-7-13-30(43)44)33(48)38-21-29(45)39-27(19-31(46)47)34(49)41-28(36(51)42(32)3)18-23-20-37-25-11-5-4-10-24(23)25/h4-5,7,9-11,13,15-17,20,22,26-28,32,37H,6,8,12,14,18-19,21H2,1-3H3,(H4-,38,39,40,41,45,46,47,48,49,50)/p+1/t26?,27?,28-,32?/m1/s1. The van der Waals surface area contributed by atoms with Crippen LogP contribution in [0.15, 0.2) is 67.3 Å². The molecular weight excluding hydrogens is 656 g/mol. The van der Waals surface area contributed by atoms with Crippen LogP contribution < -0.4 is 25.8 Å². The highest BCUT2D eigenvalue weighted by molar-refractivity contribution is 5.98. The summed E-state index contributed by atoms with van der Waals surface area (Å²) in [6.07, 6.45) is 8.33. The van der Waals surface area contributed by atoms with Gasteiger partial charge in [0.1, 0.15) is 36.6 Å². The molecule has 0 spiro atoms. The first-order valence-electron chi connectivity index (χ1n) is 17.1. The van der Waals surface area contributed by atoms with E-state index in [1.54, 1.807) is 20.0 Å². The van der Waals surface area contributed by atoms with Gasteiger partial charge in [-0.1, -0.05) is 38.1 Å². The first kappa shape index (κ1) is 36.5. The minimum absolute atomic E-state index is 0.0109. The van der Waals surface area contributed by atoms with Gasteiger partial charge in [0.15, 0.2) is 0 Å². The van der Waals surface area contributed by atoms with E-state index in [-0.39, 0.29) is 12.8 Å². The Kier molecular flexibility index (Phi) is 11.7. The summed E-state index contributed by atoms with van der Waals surface area (Å²) in [5.41, 5.74) is 2.53. The summed E-state index contributed by atoms with van der Waals surface area (Å²) >= 11 is 0. The lowest BCUT2D eigenvalue weighted by Crippen LogP contribution is -2.59. The van der Waals surface area contributed by atoms with Gasteiger partial charge in [0, 0.05) is 36.6 Å². The Morgan fingerprint density at radius 3 is 2.41 bits per heavy atom. The molecule has 0 aliphatic carbocycles. The second kappa shape index (κ2) is 16.3. The molecule has 3 aromatic heterocycles. The first-order valence-corrected chi connectivity index (χ1v) is 17.1. The summed E-state index contributed by atoms with van der Waals surface area (Å²) in [6.45, 7) is 3.65. The number of benzene rings is 1. The summed E-state index contributed by atoms with van der Waals surface area (Å²) < 4.78 is 4.09. The molecule has 15 heteroatoms. The number of H-pyrrole nitrogens is 1.